The fraction of sp³-hybridized carbons (Fsp3) is 1.00. The van der Waals surface area contributed by atoms with Crippen molar-refractivity contribution in [3.63, 3.8) is 0 Å². The number of piperidine rings is 1. The summed E-state index contributed by atoms with van der Waals surface area (Å²) in [4.78, 5) is 2.71. The topological polar surface area (TPSA) is 15.3 Å². The van der Waals surface area contributed by atoms with E-state index in [1.54, 1.807) is 0 Å². The van der Waals surface area contributed by atoms with Gasteiger partial charge < -0.3 is 10.2 Å². The number of hydrogen-bond donors (Lipinski definition) is 1. The van der Waals surface area contributed by atoms with Crippen LogP contribution >= 0.6 is 0 Å². The van der Waals surface area contributed by atoms with Gasteiger partial charge in [0, 0.05) is 19.1 Å². The molecule has 0 unspecified atom stereocenters. The minimum atomic E-state index is 0.464. The molecule has 0 aliphatic carbocycles. The summed E-state index contributed by atoms with van der Waals surface area (Å²) in [7, 11) is 0. The highest BCUT2D eigenvalue weighted by atomic mass is 15.1. The predicted octanol–water partition coefficient (Wildman–Crippen LogP) is 3.91. The first-order valence-corrected chi connectivity index (χ1v) is 8.28. The van der Waals surface area contributed by atoms with E-state index in [0.717, 1.165) is 6.54 Å². The molecular formula is C17H36N2. The van der Waals surface area contributed by atoms with E-state index in [-0.39, 0.29) is 0 Å². The summed E-state index contributed by atoms with van der Waals surface area (Å²) in [5.74, 6) is 0. The molecule has 1 rings (SSSR count). The van der Waals surface area contributed by atoms with Gasteiger partial charge in [-0.05, 0) is 49.6 Å². The number of likely N-dealkylation sites (tertiary alicyclic amines) is 1. The normalized spacial score (nSPS) is 21.0. The third-order valence-corrected chi connectivity index (χ3v) is 5.15. The van der Waals surface area contributed by atoms with Gasteiger partial charge in [0.2, 0.25) is 0 Å². The molecule has 1 aliphatic heterocycles. The summed E-state index contributed by atoms with van der Waals surface area (Å²) >= 11 is 0. The number of rotatable bonds is 7. The SMILES string of the molecule is CCC(CC)(CNC(C)C)CN1CCC(C)(C)CC1. The minimum Gasteiger partial charge on any atom is -0.314 e. The van der Waals surface area contributed by atoms with Crippen LogP contribution in [0.15, 0.2) is 0 Å². The second kappa shape index (κ2) is 7.08. The zero-order valence-corrected chi connectivity index (χ0v) is 14.2. The molecule has 0 aromatic rings. The summed E-state index contributed by atoms with van der Waals surface area (Å²) in [6.45, 7) is 19.1. The van der Waals surface area contributed by atoms with Crippen molar-refractivity contribution >= 4 is 0 Å². The van der Waals surface area contributed by atoms with Gasteiger partial charge >= 0.3 is 0 Å². The smallest absolute Gasteiger partial charge is 0.00499 e. The van der Waals surface area contributed by atoms with Crippen molar-refractivity contribution in [2.24, 2.45) is 10.8 Å². The van der Waals surface area contributed by atoms with Crippen LogP contribution in [0.25, 0.3) is 0 Å². The highest BCUT2D eigenvalue weighted by Gasteiger charge is 2.32. The van der Waals surface area contributed by atoms with Crippen LogP contribution in [0.2, 0.25) is 0 Å². The molecule has 1 heterocycles. The van der Waals surface area contributed by atoms with Crippen LogP contribution in [0.5, 0.6) is 0 Å². The molecule has 1 saturated heterocycles. The molecule has 1 N–H and O–H groups in total. The van der Waals surface area contributed by atoms with Gasteiger partial charge in [0.05, 0.1) is 0 Å². The van der Waals surface area contributed by atoms with Crippen LogP contribution in [0.3, 0.4) is 0 Å². The molecule has 0 aromatic heterocycles. The number of nitrogens with one attached hydrogen (secondary N) is 1. The zero-order chi connectivity index (χ0) is 14.5. The largest absolute Gasteiger partial charge is 0.314 e. The van der Waals surface area contributed by atoms with E-state index in [2.05, 4.69) is 51.8 Å². The molecule has 0 saturated carbocycles. The highest BCUT2D eigenvalue weighted by Crippen LogP contribution is 2.33. The molecule has 2 heteroatoms. The van der Waals surface area contributed by atoms with E-state index in [1.807, 2.05) is 0 Å². The van der Waals surface area contributed by atoms with E-state index in [1.165, 1.54) is 45.3 Å². The molecule has 1 aliphatic rings. The highest BCUT2D eigenvalue weighted by molar-refractivity contribution is 4.87. The van der Waals surface area contributed by atoms with E-state index in [9.17, 15) is 0 Å². The Bertz CT molecular complexity index is 244. The van der Waals surface area contributed by atoms with Crippen LogP contribution in [0.1, 0.15) is 67.2 Å². The monoisotopic (exact) mass is 268 g/mol. The van der Waals surface area contributed by atoms with Gasteiger partial charge in [-0.15, -0.1) is 0 Å². The third-order valence-electron chi connectivity index (χ3n) is 5.15. The van der Waals surface area contributed by atoms with Gasteiger partial charge in [0.1, 0.15) is 0 Å². The fourth-order valence-electron chi connectivity index (χ4n) is 2.99. The zero-order valence-electron chi connectivity index (χ0n) is 14.2. The van der Waals surface area contributed by atoms with Crippen molar-refractivity contribution in [1.82, 2.24) is 10.2 Å². The Morgan fingerprint density at radius 2 is 1.63 bits per heavy atom. The molecule has 0 atom stereocenters. The van der Waals surface area contributed by atoms with Crippen LogP contribution < -0.4 is 5.32 Å². The second-order valence-electron chi connectivity index (χ2n) is 7.68. The van der Waals surface area contributed by atoms with Gasteiger partial charge in [0.15, 0.2) is 0 Å². The quantitative estimate of drug-likeness (QED) is 0.753. The van der Waals surface area contributed by atoms with E-state index >= 15 is 0 Å². The summed E-state index contributed by atoms with van der Waals surface area (Å²) in [5, 5.41) is 3.67. The van der Waals surface area contributed by atoms with Crippen LogP contribution in [0, 0.1) is 10.8 Å². The first kappa shape index (κ1) is 17.0. The van der Waals surface area contributed by atoms with Gasteiger partial charge in [-0.2, -0.15) is 0 Å². The molecular weight excluding hydrogens is 232 g/mol. The van der Waals surface area contributed by atoms with Crippen molar-refractivity contribution in [1.29, 1.82) is 0 Å². The Labute approximate surface area is 121 Å². The predicted molar refractivity (Wildman–Crippen MR) is 85.6 cm³/mol. The molecule has 19 heavy (non-hydrogen) atoms. The molecule has 0 bridgehead atoms. The number of hydrogen-bond acceptors (Lipinski definition) is 2. The van der Waals surface area contributed by atoms with Crippen LogP contribution in [-0.2, 0) is 0 Å². The van der Waals surface area contributed by atoms with Crippen molar-refractivity contribution in [2.45, 2.75) is 73.3 Å². The average Bonchev–Trinajstić information content (AvgIpc) is 2.37. The molecule has 0 aromatic carbocycles. The van der Waals surface area contributed by atoms with Gasteiger partial charge in [0.25, 0.3) is 0 Å². The van der Waals surface area contributed by atoms with Gasteiger partial charge in [-0.25, -0.2) is 0 Å². The van der Waals surface area contributed by atoms with E-state index in [4.69, 9.17) is 0 Å². The Morgan fingerprint density at radius 1 is 1.11 bits per heavy atom. The molecule has 0 amide bonds. The molecule has 114 valence electrons. The molecule has 0 spiro atoms. The Hall–Kier alpha value is -0.0800. The lowest BCUT2D eigenvalue weighted by Gasteiger charge is -2.43. The standard InChI is InChI=1S/C17H36N2/c1-7-17(8-2,13-18-15(3)4)14-19-11-9-16(5,6)10-12-19/h15,18H,7-14H2,1-6H3. The lowest BCUT2D eigenvalue weighted by atomic mass is 9.78. The molecule has 0 radical (unpaired) electrons. The maximum absolute atomic E-state index is 3.67. The fourth-order valence-corrected chi connectivity index (χ4v) is 2.99. The third kappa shape index (κ3) is 5.43. The van der Waals surface area contributed by atoms with E-state index < -0.39 is 0 Å². The number of nitrogens with zero attached hydrogens (tertiary/aromatic N) is 1. The maximum Gasteiger partial charge on any atom is 0.00499 e. The van der Waals surface area contributed by atoms with Crippen molar-refractivity contribution < 1.29 is 0 Å². The summed E-state index contributed by atoms with van der Waals surface area (Å²) in [6, 6.07) is 0.595. The molecule has 2 nitrogen and oxygen atoms in total. The van der Waals surface area contributed by atoms with E-state index in [0.29, 0.717) is 16.9 Å². The van der Waals surface area contributed by atoms with Gasteiger partial charge in [-0.1, -0.05) is 41.5 Å². The van der Waals surface area contributed by atoms with Crippen molar-refractivity contribution in [2.75, 3.05) is 26.2 Å². The summed E-state index contributed by atoms with van der Waals surface area (Å²) < 4.78 is 0. The first-order chi connectivity index (χ1) is 8.82. The Balaban J connectivity index is 2.53. The maximum atomic E-state index is 3.67. The second-order valence-corrected chi connectivity index (χ2v) is 7.68. The van der Waals surface area contributed by atoms with Crippen LogP contribution in [0.4, 0.5) is 0 Å². The van der Waals surface area contributed by atoms with Gasteiger partial charge in [-0.3, -0.25) is 0 Å². The summed E-state index contributed by atoms with van der Waals surface area (Å²) in [6.07, 6.45) is 5.27. The first-order valence-electron chi connectivity index (χ1n) is 8.28. The molecule has 1 fully saturated rings. The van der Waals surface area contributed by atoms with Crippen molar-refractivity contribution in [3.8, 4) is 0 Å². The lowest BCUT2D eigenvalue weighted by molar-refractivity contribution is 0.0749. The summed E-state index contributed by atoms with van der Waals surface area (Å²) in [5.41, 5.74) is 1.03. The average molecular weight is 268 g/mol. The Morgan fingerprint density at radius 3 is 2.05 bits per heavy atom. The minimum absolute atomic E-state index is 0.464. The lowest BCUT2D eigenvalue weighted by Crippen LogP contribution is -2.48. The Kier molecular flexibility index (Phi) is 6.32. The van der Waals surface area contributed by atoms with Crippen molar-refractivity contribution in [3.05, 3.63) is 0 Å². The van der Waals surface area contributed by atoms with Crippen LogP contribution in [-0.4, -0.2) is 37.1 Å².